The lowest BCUT2D eigenvalue weighted by Crippen LogP contribution is -2.39. The van der Waals surface area contributed by atoms with E-state index in [1.165, 1.54) is 12.7 Å². The Morgan fingerprint density at radius 2 is 2.23 bits per heavy atom. The fourth-order valence-electron chi connectivity index (χ4n) is 2.45. The summed E-state index contributed by atoms with van der Waals surface area (Å²) < 4.78 is 12.1. The molecule has 116 valence electrons. The highest BCUT2D eigenvalue weighted by atomic mass is 16.5. The second-order valence-corrected chi connectivity index (χ2v) is 5.09. The summed E-state index contributed by atoms with van der Waals surface area (Å²) >= 11 is 0. The van der Waals surface area contributed by atoms with Crippen LogP contribution in [0.5, 0.6) is 0 Å². The van der Waals surface area contributed by atoms with E-state index in [1.54, 1.807) is 11.0 Å². The van der Waals surface area contributed by atoms with Gasteiger partial charge in [-0.3, -0.25) is 4.90 Å². The zero-order valence-corrected chi connectivity index (χ0v) is 12.4. The molecule has 0 radical (unpaired) electrons. The summed E-state index contributed by atoms with van der Waals surface area (Å²) in [6, 6.07) is 10.2. The van der Waals surface area contributed by atoms with Gasteiger partial charge in [-0.05, 0) is 5.56 Å². The Kier molecular flexibility index (Phi) is 4.45. The second-order valence-electron chi connectivity index (χ2n) is 5.09. The molecule has 7 nitrogen and oxygen atoms in total. The van der Waals surface area contributed by atoms with Gasteiger partial charge in [0.05, 0.1) is 26.5 Å². The third kappa shape index (κ3) is 3.32. The van der Waals surface area contributed by atoms with Crippen molar-refractivity contribution in [2.45, 2.75) is 12.8 Å². The van der Waals surface area contributed by atoms with Crippen molar-refractivity contribution in [3.05, 3.63) is 48.0 Å². The van der Waals surface area contributed by atoms with Gasteiger partial charge in [0.15, 0.2) is 0 Å². The van der Waals surface area contributed by atoms with Gasteiger partial charge in [-0.15, -0.1) is 5.10 Å². The molecule has 1 aromatic carbocycles. The Morgan fingerprint density at radius 3 is 3.00 bits per heavy atom. The van der Waals surface area contributed by atoms with Gasteiger partial charge in [0.25, 0.3) is 5.82 Å². The van der Waals surface area contributed by atoms with Gasteiger partial charge in [0, 0.05) is 13.1 Å². The van der Waals surface area contributed by atoms with Crippen LogP contribution in [0.4, 0.5) is 0 Å². The number of methoxy groups -OCH3 is 1. The topological polar surface area (TPSA) is 69.5 Å². The number of hydrogen-bond acceptors (Lipinski definition) is 6. The largest absolute Gasteiger partial charge is 0.463 e. The molecular formula is C15H18N4O3. The van der Waals surface area contributed by atoms with Crippen molar-refractivity contribution in [1.29, 1.82) is 0 Å². The normalized spacial score (nSPS) is 19.0. The summed E-state index contributed by atoms with van der Waals surface area (Å²) in [5.41, 5.74) is 1.17. The number of hydrogen-bond donors (Lipinski definition) is 0. The molecule has 2 aromatic rings. The van der Waals surface area contributed by atoms with E-state index >= 15 is 0 Å². The van der Waals surface area contributed by atoms with Crippen molar-refractivity contribution in [3.63, 3.8) is 0 Å². The average Bonchev–Trinajstić information content (AvgIpc) is 3.04. The quantitative estimate of drug-likeness (QED) is 0.788. The van der Waals surface area contributed by atoms with Crippen LogP contribution in [0.25, 0.3) is 0 Å². The number of aromatic nitrogens is 3. The Bertz CT molecular complexity index is 629. The van der Waals surface area contributed by atoms with Gasteiger partial charge >= 0.3 is 5.97 Å². The minimum absolute atomic E-state index is 0.0542. The van der Waals surface area contributed by atoms with Crippen LogP contribution in [0, 0.1) is 0 Å². The number of esters is 1. The van der Waals surface area contributed by atoms with E-state index in [1.807, 2.05) is 18.2 Å². The molecule has 0 bridgehead atoms. The number of rotatable bonds is 4. The van der Waals surface area contributed by atoms with Gasteiger partial charge in [0.1, 0.15) is 6.33 Å². The van der Waals surface area contributed by atoms with Crippen molar-refractivity contribution >= 4 is 5.97 Å². The molecule has 1 aromatic heterocycles. The van der Waals surface area contributed by atoms with Crippen LogP contribution in [0.2, 0.25) is 0 Å². The monoisotopic (exact) mass is 302 g/mol. The molecule has 1 fully saturated rings. The molecule has 0 N–H and O–H groups in total. The highest BCUT2D eigenvalue weighted by Gasteiger charge is 2.22. The SMILES string of the molecule is COC(=O)c1ncn(CN2CCOC(c3ccccc3)C2)n1. The number of nitrogens with zero attached hydrogens (tertiary/aromatic N) is 4. The first-order chi connectivity index (χ1) is 10.8. The number of morpholine rings is 1. The highest BCUT2D eigenvalue weighted by molar-refractivity contribution is 5.84. The summed E-state index contributed by atoms with van der Waals surface area (Å²) in [7, 11) is 1.31. The minimum Gasteiger partial charge on any atom is -0.463 e. The summed E-state index contributed by atoms with van der Waals surface area (Å²) in [6.45, 7) is 2.82. The number of benzene rings is 1. The molecule has 22 heavy (non-hydrogen) atoms. The van der Waals surface area contributed by atoms with Crippen LogP contribution in [0.1, 0.15) is 22.3 Å². The van der Waals surface area contributed by atoms with Crippen LogP contribution in [0.3, 0.4) is 0 Å². The Hall–Kier alpha value is -2.25. The Balaban J connectivity index is 1.63. The van der Waals surface area contributed by atoms with Crippen molar-refractivity contribution < 1.29 is 14.3 Å². The van der Waals surface area contributed by atoms with E-state index in [0.29, 0.717) is 13.3 Å². The van der Waals surface area contributed by atoms with Crippen molar-refractivity contribution in [2.75, 3.05) is 26.8 Å². The third-order valence-corrected chi connectivity index (χ3v) is 3.57. The molecule has 0 aliphatic carbocycles. The lowest BCUT2D eigenvalue weighted by Gasteiger charge is -2.32. The van der Waals surface area contributed by atoms with E-state index in [0.717, 1.165) is 13.1 Å². The molecule has 0 saturated carbocycles. The first-order valence-corrected chi connectivity index (χ1v) is 7.13. The van der Waals surface area contributed by atoms with E-state index in [-0.39, 0.29) is 11.9 Å². The van der Waals surface area contributed by atoms with Crippen LogP contribution in [-0.2, 0) is 16.1 Å². The van der Waals surface area contributed by atoms with Gasteiger partial charge in [0.2, 0.25) is 0 Å². The molecule has 1 unspecified atom stereocenters. The predicted molar refractivity (Wildman–Crippen MR) is 78.1 cm³/mol. The molecule has 0 spiro atoms. The fraction of sp³-hybridized carbons (Fsp3) is 0.400. The molecule has 1 atom stereocenters. The summed E-state index contributed by atoms with van der Waals surface area (Å²) in [5.74, 6) is -0.446. The van der Waals surface area contributed by atoms with Crippen molar-refractivity contribution in [3.8, 4) is 0 Å². The van der Waals surface area contributed by atoms with Gasteiger partial charge in [-0.1, -0.05) is 30.3 Å². The Morgan fingerprint density at radius 1 is 1.41 bits per heavy atom. The standard InChI is InChI=1S/C15H18N4O3/c1-21-15(20)14-16-10-19(17-14)11-18-7-8-22-13(9-18)12-5-3-2-4-6-12/h2-6,10,13H,7-9,11H2,1H3. The lowest BCUT2D eigenvalue weighted by molar-refractivity contribution is -0.0417. The third-order valence-electron chi connectivity index (χ3n) is 3.57. The maximum atomic E-state index is 11.4. The number of carbonyl (C=O) groups excluding carboxylic acids is 1. The van der Waals surface area contributed by atoms with E-state index in [9.17, 15) is 4.79 Å². The molecule has 2 heterocycles. The Labute approximate surface area is 128 Å². The van der Waals surface area contributed by atoms with Crippen molar-refractivity contribution in [1.82, 2.24) is 19.7 Å². The first kappa shape index (κ1) is 14.7. The smallest absolute Gasteiger partial charge is 0.377 e. The van der Waals surface area contributed by atoms with Crippen molar-refractivity contribution in [2.24, 2.45) is 0 Å². The van der Waals surface area contributed by atoms with Crippen LogP contribution in [-0.4, -0.2) is 52.4 Å². The minimum atomic E-state index is -0.525. The maximum absolute atomic E-state index is 11.4. The fourth-order valence-corrected chi connectivity index (χ4v) is 2.45. The van der Waals surface area contributed by atoms with E-state index in [4.69, 9.17) is 4.74 Å². The van der Waals surface area contributed by atoms with Crippen LogP contribution >= 0.6 is 0 Å². The first-order valence-electron chi connectivity index (χ1n) is 7.13. The molecule has 7 heteroatoms. The summed E-state index contributed by atoms with van der Waals surface area (Å²) in [5, 5.41) is 4.12. The average molecular weight is 302 g/mol. The highest BCUT2D eigenvalue weighted by Crippen LogP contribution is 2.22. The van der Waals surface area contributed by atoms with Crippen LogP contribution in [0.15, 0.2) is 36.7 Å². The second kappa shape index (κ2) is 6.67. The van der Waals surface area contributed by atoms with E-state index < -0.39 is 5.97 Å². The summed E-state index contributed by atoms with van der Waals surface area (Å²) in [6.07, 6.45) is 1.60. The van der Waals surface area contributed by atoms with Gasteiger partial charge in [-0.25, -0.2) is 14.5 Å². The molecule has 3 rings (SSSR count). The van der Waals surface area contributed by atoms with Crippen LogP contribution < -0.4 is 0 Å². The zero-order chi connectivity index (χ0) is 15.4. The molecule has 1 aliphatic rings. The van der Waals surface area contributed by atoms with E-state index in [2.05, 4.69) is 31.9 Å². The van der Waals surface area contributed by atoms with Gasteiger partial charge < -0.3 is 9.47 Å². The molecular weight excluding hydrogens is 284 g/mol. The molecule has 1 saturated heterocycles. The van der Waals surface area contributed by atoms with Gasteiger partial charge in [-0.2, -0.15) is 0 Å². The zero-order valence-electron chi connectivity index (χ0n) is 12.4. The number of carbonyl (C=O) groups is 1. The number of ether oxygens (including phenoxy) is 2. The maximum Gasteiger partial charge on any atom is 0.377 e. The molecule has 1 aliphatic heterocycles. The summed E-state index contributed by atoms with van der Waals surface area (Å²) in [4.78, 5) is 17.5. The lowest BCUT2D eigenvalue weighted by atomic mass is 10.1. The molecule has 0 amide bonds. The predicted octanol–water partition coefficient (Wildman–Crippen LogP) is 1.10.